The minimum atomic E-state index is -5.07. The first-order chi connectivity index (χ1) is 23.3. The highest BCUT2D eigenvalue weighted by Gasteiger charge is 2.51. The Hall–Kier alpha value is -4.59. The van der Waals surface area contributed by atoms with Gasteiger partial charge in [0.2, 0.25) is 0 Å². The third kappa shape index (κ3) is 9.55. The van der Waals surface area contributed by atoms with Crippen molar-refractivity contribution in [3.05, 3.63) is 107 Å². The summed E-state index contributed by atoms with van der Waals surface area (Å²) in [5.41, 5.74) is -4.71. The number of nitrogens with one attached hydrogen (secondary N) is 1. The second-order valence-corrected chi connectivity index (χ2v) is 13.1. The molecule has 3 aromatic rings. The fraction of sp³-hybridized carbons (Fsp3) is 0.417. The maximum absolute atomic E-state index is 14.0. The van der Waals surface area contributed by atoms with Crippen molar-refractivity contribution in [2.75, 3.05) is 13.2 Å². The van der Waals surface area contributed by atoms with Crippen LogP contribution in [-0.2, 0) is 43.5 Å². The first-order valence-electron chi connectivity index (χ1n) is 15.7. The fourth-order valence-electron chi connectivity index (χ4n) is 5.77. The highest BCUT2D eigenvalue weighted by molar-refractivity contribution is 5.73. The van der Waals surface area contributed by atoms with E-state index in [9.17, 15) is 40.7 Å². The lowest BCUT2D eigenvalue weighted by molar-refractivity contribution is -0.143. The number of carbonyl (C=O) groups is 3. The lowest BCUT2D eigenvalue weighted by atomic mass is 9.74. The van der Waals surface area contributed by atoms with Gasteiger partial charge in [-0.3, -0.25) is 4.90 Å². The number of alkyl halides is 6. The molecule has 0 saturated carbocycles. The highest BCUT2D eigenvalue weighted by atomic mass is 19.4. The van der Waals surface area contributed by atoms with Crippen molar-refractivity contribution < 1.29 is 54.9 Å². The molecule has 0 aromatic heterocycles. The van der Waals surface area contributed by atoms with Crippen molar-refractivity contribution in [1.82, 2.24) is 10.2 Å². The van der Waals surface area contributed by atoms with E-state index in [2.05, 4.69) is 5.32 Å². The maximum Gasteiger partial charge on any atom is 0.416 e. The van der Waals surface area contributed by atoms with Crippen molar-refractivity contribution in [3.8, 4) is 0 Å². The number of ether oxygens (including phenoxy) is 3. The topological polar surface area (TPSA) is 94.2 Å². The number of alkyl carbamates (subject to hydrolysis) is 1. The van der Waals surface area contributed by atoms with Crippen LogP contribution in [-0.4, -0.2) is 48.2 Å². The fourth-order valence-corrected chi connectivity index (χ4v) is 5.77. The molecule has 3 aromatic carbocycles. The second-order valence-electron chi connectivity index (χ2n) is 13.1. The van der Waals surface area contributed by atoms with Gasteiger partial charge in [0.15, 0.2) is 0 Å². The largest absolute Gasteiger partial charge is 0.445 e. The Kier molecular flexibility index (Phi) is 11.6. The number of nitrogens with zero attached hydrogens (tertiary/aromatic N) is 1. The Labute approximate surface area is 285 Å². The molecular formula is C36H38F6N2O6. The summed E-state index contributed by atoms with van der Waals surface area (Å²) < 4.78 is 99.1. The summed E-state index contributed by atoms with van der Waals surface area (Å²) in [6, 6.07) is 17.3. The van der Waals surface area contributed by atoms with Gasteiger partial charge < -0.3 is 24.3 Å². The average molecular weight is 709 g/mol. The summed E-state index contributed by atoms with van der Waals surface area (Å²) in [5, 5.41) is 2.66. The van der Waals surface area contributed by atoms with E-state index in [-0.39, 0.29) is 25.6 Å². The van der Waals surface area contributed by atoms with Crippen LogP contribution in [0.4, 0.5) is 35.9 Å². The quantitative estimate of drug-likeness (QED) is 0.177. The molecule has 0 bridgehead atoms. The number of aldehydes is 1. The molecule has 14 heteroatoms. The van der Waals surface area contributed by atoms with Crippen LogP contribution in [0.25, 0.3) is 0 Å². The van der Waals surface area contributed by atoms with E-state index in [4.69, 9.17) is 14.2 Å². The van der Waals surface area contributed by atoms with Crippen LogP contribution in [0.2, 0.25) is 0 Å². The van der Waals surface area contributed by atoms with Gasteiger partial charge >= 0.3 is 24.5 Å². The molecule has 50 heavy (non-hydrogen) atoms. The number of rotatable bonds is 9. The lowest BCUT2D eigenvalue weighted by Crippen LogP contribution is -2.64. The third-order valence-electron chi connectivity index (χ3n) is 8.25. The van der Waals surface area contributed by atoms with Crippen LogP contribution in [0.1, 0.15) is 68.0 Å². The molecule has 8 nitrogen and oxygen atoms in total. The average Bonchev–Trinajstić information content (AvgIpc) is 3.05. The number of hydrogen-bond donors (Lipinski definition) is 1. The Morgan fingerprint density at radius 2 is 1.48 bits per heavy atom. The number of halogens is 6. The van der Waals surface area contributed by atoms with Gasteiger partial charge in [-0.25, -0.2) is 9.59 Å². The minimum absolute atomic E-state index is 0.0276. The first kappa shape index (κ1) is 38.2. The molecule has 1 saturated heterocycles. The molecular weight excluding hydrogens is 670 g/mol. The molecule has 2 amide bonds. The molecule has 2 unspecified atom stereocenters. The van der Waals surface area contributed by atoms with E-state index in [1.54, 1.807) is 81.4 Å². The zero-order chi connectivity index (χ0) is 36.9. The van der Waals surface area contributed by atoms with E-state index in [1.165, 1.54) is 11.8 Å². The summed E-state index contributed by atoms with van der Waals surface area (Å²) in [6.07, 6.45) is -12.7. The zero-order valence-electron chi connectivity index (χ0n) is 27.8. The van der Waals surface area contributed by atoms with Crippen LogP contribution in [0, 0.1) is 5.92 Å². The van der Waals surface area contributed by atoms with Crippen molar-refractivity contribution in [1.29, 1.82) is 0 Å². The third-order valence-corrected chi connectivity index (χ3v) is 8.25. The second kappa shape index (κ2) is 15.1. The number of hydrogen-bond acceptors (Lipinski definition) is 6. The van der Waals surface area contributed by atoms with Gasteiger partial charge in [0.25, 0.3) is 0 Å². The molecule has 4 rings (SSSR count). The SMILES string of the molecule is C[C@@H](OC[C@@]1(c2ccccc2)CC(C=O)C(NC(=O)OC(C)(C)C)CN1C(=O)OCc1ccccc1)c1cc(C(F)(F)F)cc(C(F)(F)F)c1. The Bertz CT molecular complexity index is 1600. The van der Waals surface area contributed by atoms with Gasteiger partial charge in [-0.05, 0) is 69.0 Å². The van der Waals surface area contributed by atoms with Gasteiger partial charge in [0, 0.05) is 12.5 Å². The number of piperidine rings is 1. The minimum Gasteiger partial charge on any atom is -0.445 e. The Morgan fingerprint density at radius 3 is 2.00 bits per heavy atom. The van der Waals surface area contributed by atoms with Crippen molar-refractivity contribution in [2.45, 2.75) is 76.4 Å². The number of carbonyl (C=O) groups excluding carboxylic acids is 3. The first-order valence-corrected chi connectivity index (χ1v) is 15.7. The summed E-state index contributed by atoms with van der Waals surface area (Å²) in [4.78, 5) is 40.7. The molecule has 0 spiro atoms. The summed E-state index contributed by atoms with van der Waals surface area (Å²) in [6.45, 7) is 5.34. The number of benzene rings is 3. The van der Waals surface area contributed by atoms with E-state index < -0.39 is 77.0 Å². The number of amides is 2. The predicted octanol–water partition coefficient (Wildman–Crippen LogP) is 8.45. The van der Waals surface area contributed by atoms with Crippen molar-refractivity contribution in [2.24, 2.45) is 5.92 Å². The smallest absolute Gasteiger partial charge is 0.416 e. The number of likely N-dealkylation sites (tertiary alicyclic amines) is 1. The van der Waals surface area contributed by atoms with Gasteiger partial charge in [-0.15, -0.1) is 0 Å². The predicted molar refractivity (Wildman–Crippen MR) is 170 cm³/mol. The van der Waals surface area contributed by atoms with Crippen LogP contribution < -0.4 is 5.32 Å². The van der Waals surface area contributed by atoms with Gasteiger partial charge in [0.1, 0.15) is 18.5 Å². The molecule has 1 aliphatic rings. The zero-order valence-corrected chi connectivity index (χ0v) is 27.8. The molecule has 1 aliphatic heterocycles. The van der Waals surface area contributed by atoms with Crippen LogP contribution in [0.5, 0.6) is 0 Å². The van der Waals surface area contributed by atoms with Crippen molar-refractivity contribution >= 4 is 18.5 Å². The molecule has 270 valence electrons. The monoisotopic (exact) mass is 708 g/mol. The van der Waals surface area contributed by atoms with Crippen LogP contribution in [0.3, 0.4) is 0 Å². The molecule has 1 fully saturated rings. The normalized spacial score (nSPS) is 20.5. The molecule has 4 atom stereocenters. The van der Waals surface area contributed by atoms with E-state index in [0.717, 1.165) is 0 Å². The summed E-state index contributed by atoms with van der Waals surface area (Å²) in [5.74, 6) is -0.940. The lowest BCUT2D eigenvalue weighted by Gasteiger charge is -2.51. The molecule has 0 radical (unpaired) electrons. The highest BCUT2D eigenvalue weighted by Crippen LogP contribution is 2.43. The van der Waals surface area contributed by atoms with E-state index in [1.807, 2.05) is 0 Å². The Morgan fingerprint density at radius 1 is 0.920 bits per heavy atom. The maximum atomic E-state index is 14.0. The van der Waals surface area contributed by atoms with Gasteiger partial charge in [-0.2, -0.15) is 26.3 Å². The van der Waals surface area contributed by atoms with E-state index >= 15 is 0 Å². The van der Waals surface area contributed by atoms with Gasteiger partial charge in [0.05, 0.1) is 35.4 Å². The van der Waals surface area contributed by atoms with Gasteiger partial charge in [-0.1, -0.05) is 60.7 Å². The summed E-state index contributed by atoms with van der Waals surface area (Å²) >= 11 is 0. The standard InChI is InChI=1S/C36H38F6N2O6/c1-23(25-15-28(35(37,38)39)17-29(16-25)36(40,41)42)49-22-34(27-13-9-6-10-14-27)18-26(20-45)30(43-31(46)50-33(2,3)4)19-44(34)32(47)48-21-24-11-7-5-8-12-24/h5-17,20,23,26,30H,18-19,21-22H2,1-4H3,(H,43,46)/t23-,26?,30?,34-/m1/s1. The molecule has 1 heterocycles. The molecule has 1 N–H and O–H groups in total. The summed E-state index contributed by atoms with van der Waals surface area (Å²) in [7, 11) is 0. The Balaban J connectivity index is 1.75. The van der Waals surface area contributed by atoms with Crippen LogP contribution >= 0.6 is 0 Å². The molecule has 0 aliphatic carbocycles. The van der Waals surface area contributed by atoms with Crippen molar-refractivity contribution in [3.63, 3.8) is 0 Å². The van der Waals surface area contributed by atoms with Crippen LogP contribution in [0.15, 0.2) is 78.9 Å². The van der Waals surface area contributed by atoms with E-state index in [0.29, 0.717) is 29.5 Å².